The highest BCUT2D eigenvalue weighted by Crippen LogP contribution is 2.11. The average Bonchev–Trinajstić information content (AvgIpc) is 3.06. The molecule has 0 spiro atoms. The second-order valence-electron chi connectivity index (χ2n) is 5.43. The van der Waals surface area contributed by atoms with Crippen molar-refractivity contribution >= 4 is 40.6 Å². The van der Waals surface area contributed by atoms with E-state index in [1.54, 1.807) is 23.1 Å². The van der Waals surface area contributed by atoms with Crippen molar-refractivity contribution in [2.75, 3.05) is 16.8 Å². The van der Waals surface area contributed by atoms with E-state index in [0.29, 0.717) is 18.7 Å². The minimum absolute atomic E-state index is 0.0170. The van der Waals surface area contributed by atoms with Crippen LogP contribution < -0.4 is 10.6 Å². The van der Waals surface area contributed by atoms with E-state index in [0.717, 1.165) is 28.3 Å². The predicted molar refractivity (Wildman–Crippen MR) is 103 cm³/mol. The van der Waals surface area contributed by atoms with E-state index in [4.69, 9.17) is 0 Å². The van der Waals surface area contributed by atoms with Gasteiger partial charge in [-0.15, -0.1) is 11.3 Å². The van der Waals surface area contributed by atoms with Gasteiger partial charge in [0.05, 0.1) is 12.3 Å². The van der Waals surface area contributed by atoms with E-state index in [1.165, 1.54) is 0 Å². The SMILES string of the molecule is Cc1cccc(NC(=O)CCCSCC(=O)NCc2cccs2)c1. The summed E-state index contributed by atoms with van der Waals surface area (Å²) < 4.78 is 0. The van der Waals surface area contributed by atoms with Crippen molar-refractivity contribution in [2.24, 2.45) is 0 Å². The van der Waals surface area contributed by atoms with Gasteiger partial charge in [0.25, 0.3) is 0 Å². The number of hydrogen-bond donors (Lipinski definition) is 2. The maximum Gasteiger partial charge on any atom is 0.230 e. The van der Waals surface area contributed by atoms with E-state index in [-0.39, 0.29) is 11.8 Å². The van der Waals surface area contributed by atoms with Gasteiger partial charge in [-0.2, -0.15) is 11.8 Å². The molecule has 0 atom stereocenters. The monoisotopic (exact) mass is 362 g/mol. The molecule has 0 bridgehead atoms. The Hall–Kier alpha value is -1.79. The zero-order valence-electron chi connectivity index (χ0n) is 13.7. The number of carbonyl (C=O) groups excluding carboxylic acids is 2. The van der Waals surface area contributed by atoms with Gasteiger partial charge in [0.15, 0.2) is 0 Å². The Kier molecular flexibility index (Phi) is 7.85. The summed E-state index contributed by atoms with van der Waals surface area (Å²) in [5.74, 6) is 1.29. The van der Waals surface area contributed by atoms with Crippen LogP contribution in [-0.4, -0.2) is 23.3 Å². The van der Waals surface area contributed by atoms with Crippen LogP contribution in [0.2, 0.25) is 0 Å². The molecule has 1 aromatic heterocycles. The van der Waals surface area contributed by atoms with Crippen molar-refractivity contribution in [1.29, 1.82) is 0 Å². The lowest BCUT2D eigenvalue weighted by molar-refractivity contribution is -0.118. The van der Waals surface area contributed by atoms with Crippen LogP contribution in [0.25, 0.3) is 0 Å². The van der Waals surface area contributed by atoms with Crippen LogP contribution in [0.3, 0.4) is 0 Å². The molecule has 0 fully saturated rings. The molecule has 0 unspecified atom stereocenters. The number of thiophene rings is 1. The number of nitrogens with one attached hydrogen (secondary N) is 2. The second-order valence-corrected chi connectivity index (χ2v) is 7.57. The van der Waals surface area contributed by atoms with Crippen molar-refractivity contribution in [3.63, 3.8) is 0 Å². The Labute approximate surface area is 151 Å². The number of hydrogen-bond acceptors (Lipinski definition) is 4. The third-order valence-corrected chi connectivity index (χ3v) is 5.19. The van der Waals surface area contributed by atoms with Crippen LogP contribution in [-0.2, 0) is 16.1 Å². The van der Waals surface area contributed by atoms with Gasteiger partial charge in [0.2, 0.25) is 11.8 Å². The molecular weight excluding hydrogens is 340 g/mol. The smallest absolute Gasteiger partial charge is 0.230 e. The van der Waals surface area contributed by atoms with Crippen molar-refractivity contribution in [2.45, 2.75) is 26.3 Å². The summed E-state index contributed by atoms with van der Waals surface area (Å²) in [6.45, 7) is 2.59. The molecule has 6 heteroatoms. The first-order valence-corrected chi connectivity index (χ1v) is 9.90. The Balaban J connectivity index is 1.52. The van der Waals surface area contributed by atoms with Gasteiger partial charge in [-0.3, -0.25) is 9.59 Å². The van der Waals surface area contributed by atoms with Crippen LogP contribution in [0, 0.1) is 6.92 Å². The predicted octanol–water partition coefficient (Wildman–Crippen LogP) is 3.82. The summed E-state index contributed by atoms with van der Waals surface area (Å²) in [5.41, 5.74) is 1.96. The first-order chi connectivity index (χ1) is 11.6. The van der Waals surface area contributed by atoms with Gasteiger partial charge < -0.3 is 10.6 Å². The Morgan fingerprint density at radius 2 is 2.04 bits per heavy atom. The van der Waals surface area contributed by atoms with E-state index in [9.17, 15) is 9.59 Å². The first kappa shape index (κ1) is 18.5. The number of anilines is 1. The van der Waals surface area contributed by atoms with Gasteiger partial charge in [0.1, 0.15) is 0 Å². The third-order valence-electron chi connectivity index (χ3n) is 3.27. The lowest BCUT2D eigenvalue weighted by atomic mass is 10.2. The molecule has 0 saturated carbocycles. The lowest BCUT2D eigenvalue weighted by Crippen LogP contribution is -2.24. The number of amides is 2. The van der Waals surface area contributed by atoms with Crippen LogP contribution >= 0.6 is 23.1 Å². The summed E-state index contributed by atoms with van der Waals surface area (Å²) >= 11 is 3.20. The fourth-order valence-corrected chi connectivity index (χ4v) is 3.52. The quantitative estimate of drug-likeness (QED) is 0.667. The maximum absolute atomic E-state index is 11.9. The Bertz CT molecular complexity index is 657. The largest absolute Gasteiger partial charge is 0.350 e. The second kappa shape index (κ2) is 10.2. The van der Waals surface area contributed by atoms with Crippen molar-refractivity contribution in [1.82, 2.24) is 5.32 Å². The maximum atomic E-state index is 11.9. The van der Waals surface area contributed by atoms with Crippen molar-refractivity contribution in [3.8, 4) is 0 Å². The standard InChI is InChI=1S/C18H22N2O2S2/c1-14-5-2-6-15(11-14)20-17(21)8-4-9-23-13-18(22)19-12-16-7-3-10-24-16/h2-3,5-7,10-11H,4,8-9,12-13H2,1H3,(H,19,22)(H,20,21). The molecule has 0 aliphatic carbocycles. The zero-order valence-corrected chi connectivity index (χ0v) is 15.3. The highest BCUT2D eigenvalue weighted by Gasteiger charge is 2.05. The number of rotatable bonds is 9. The van der Waals surface area contributed by atoms with Gasteiger partial charge in [0, 0.05) is 17.0 Å². The summed E-state index contributed by atoms with van der Waals surface area (Å²) in [4.78, 5) is 24.7. The van der Waals surface area contributed by atoms with Crippen LogP contribution in [0.15, 0.2) is 41.8 Å². The van der Waals surface area contributed by atoms with Crippen LogP contribution in [0.4, 0.5) is 5.69 Å². The molecule has 24 heavy (non-hydrogen) atoms. The summed E-state index contributed by atoms with van der Waals surface area (Å²) in [5, 5.41) is 7.78. The Morgan fingerprint density at radius 1 is 1.17 bits per heavy atom. The normalized spacial score (nSPS) is 10.4. The molecule has 2 aromatic rings. The zero-order chi connectivity index (χ0) is 17.2. The van der Waals surface area contributed by atoms with Crippen molar-refractivity contribution < 1.29 is 9.59 Å². The molecule has 0 aliphatic heterocycles. The lowest BCUT2D eigenvalue weighted by Gasteiger charge is -2.06. The fourth-order valence-electron chi connectivity index (χ4n) is 2.10. The average molecular weight is 363 g/mol. The molecule has 1 aromatic carbocycles. The van der Waals surface area contributed by atoms with Gasteiger partial charge in [-0.05, 0) is 48.2 Å². The van der Waals surface area contributed by atoms with E-state index >= 15 is 0 Å². The molecule has 1 heterocycles. The summed E-state index contributed by atoms with van der Waals surface area (Å²) in [7, 11) is 0. The summed E-state index contributed by atoms with van der Waals surface area (Å²) in [6.07, 6.45) is 1.23. The third kappa shape index (κ3) is 7.19. The van der Waals surface area contributed by atoms with Gasteiger partial charge in [-0.1, -0.05) is 18.2 Å². The topological polar surface area (TPSA) is 58.2 Å². The minimum Gasteiger partial charge on any atom is -0.350 e. The van der Waals surface area contributed by atoms with Crippen molar-refractivity contribution in [3.05, 3.63) is 52.2 Å². The molecular formula is C18H22N2O2S2. The molecule has 0 aliphatic rings. The van der Waals surface area contributed by atoms with Crippen LogP contribution in [0.1, 0.15) is 23.3 Å². The molecule has 2 rings (SSSR count). The van der Waals surface area contributed by atoms with E-state index < -0.39 is 0 Å². The minimum atomic E-state index is 0.0170. The molecule has 4 nitrogen and oxygen atoms in total. The molecule has 2 N–H and O–H groups in total. The number of benzene rings is 1. The highest BCUT2D eigenvalue weighted by molar-refractivity contribution is 7.99. The van der Waals surface area contributed by atoms with E-state index in [2.05, 4.69) is 10.6 Å². The van der Waals surface area contributed by atoms with E-state index in [1.807, 2.05) is 48.7 Å². The fraction of sp³-hybridized carbons (Fsp3) is 0.333. The van der Waals surface area contributed by atoms with Crippen LogP contribution in [0.5, 0.6) is 0 Å². The number of aryl methyl sites for hydroxylation is 1. The molecule has 0 saturated heterocycles. The molecule has 128 valence electrons. The molecule has 0 radical (unpaired) electrons. The Morgan fingerprint density at radius 3 is 2.79 bits per heavy atom. The van der Waals surface area contributed by atoms with Gasteiger partial charge in [-0.25, -0.2) is 0 Å². The first-order valence-electron chi connectivity index (χ1n) is 7.87. The number of thioether (sulfide) groups is 1. The number of carbonyl (C=O) groups is 2. The molecule has 2 amide bonds. The van der Waals surface area contributed by atoms with Gasteiger partial charge >= 0.3 is 0 Å². The summed E-state index contributed by atoms with van der Waals surface area (Å²) in [6, 6.07) is 11.7. The highest BCUT2D eigenvalue weighted by atomic mass is 32.2.